The number of halogens is 2. The molecular weight excluding hydrogens is 300 g/mol. The number of rotatable bonds is 5. The van der Waals surface area contributed by atoms with Crippen molar-refractivity contribution in [2.75, 3.05) is 11.1 Å². The average Bonchev–Trinajstić information content (AvgIpc) is 2.75. The van der Waals surface area contributed by atoms with Gasteiger partial charge in [-0.1, -0.05) is 11.8 Å². The second-order valence-electron chi connectivity index (χ2n) is 4.24. The second-order valence-corrected chi connectivity index (χ2v) is 5.19. The van der Waals surface area contributed by atoms with Crippen molar-refractivity contribution in [1.82, 2.24) is 9.55 Å². The summed E-state index contributed by atoms with van der Waals surface area (Å²) in [7, 11) is 1.72. The van der Waals surface area contributed by atoms with Crippen molar-refractivity contribution >= 4 is 23.4 Å². The van der Waals surface area contributed by atoms with Gasteiger partial charge in [-0.2, -0.15) is 0 Å². The van der Waals surface area contributed by atoms with E-state index < -0.39 is 17.5 Å². The van der Waals surface area contributed by atoms with Crippen molar-refractivity contribution in [3.8, 4) is 0 Å². The molecule has 1 aromatic heterocycles. The zero-order valence-electron chi connectivity index (χ0n) is 11.1. The first kappa shape index (κ1) is 15.5. The lowest BCUT2D eigenvalue weighted by molar-refractivity contribution is -0.113. The van der Waals surface area contributed by atoms with Gasteiger partial charge in [-0.3, -0.25) is 4.79 Å². The highest BCUT2D eigenvalue weighted by Crippen LogP contribution is 2.18. The summed E-state index contributed by atoms with van der Waals surface area (Å²) in [6.07, 6.45) is 1.52. The van der Waals surface area contributed by atoms with E-state index in [1.165, 1.54) is 6.20 Å². The van der Waals surface area contributed by atoms with Gasteiger partial charge in [0.1, 0.15) is 11.6 Å². The Hall–Kier alpha value is -1.93. The van der Waals surface area contributed by atoms with Crippen LogP contribution in [0.2, 0.25) is 0 Å². The molecule has 2 rings (SSSR count). The van der Waals surface area contributed by atoms with Crippen molar-refractivity contribution < 1.29 is 18.7 Å². The highest BCUT2D eigenvalue weighted by molar-refractivity contribution is 7.99. The number of hydrogen-bond donors (Lipinski definition) is 2. The molecule has 0 aliphatic heterocycles. The first-order valence-corrected chi connectivity index (χ1v) is 6.98. The quantitative estimate of drug-likeness (QED) is 0.828. The van der Waals surface area contributed by atoms with Gasteiger partial charge in [0.25, 0.3) is 0 Å². The molecule has 1 amide bonds. The number of imidazole rings is 1. The molecule has 1 aromatic carbocycles. The topological polar surface area (TPSA) is 67.1 Å². The molecule has 0 radical (unpaired) electrons. The zero-order valence-corrected chi connectivity index (χ0v) is 12.0. The Kier molecular flexibility index (Phi) is 4.92. The van der Waals surface area contributed by atoms with E-state index in [1.54, 1.807) is 11.6 Å². The van der Waals surface area contributed by atoms with Crippen LogP contribution in [0.3, 0.4) is 0 Å². The molecule has 0 saturated heterocycles. The predicted molar refractivity (Wildman–Crippen MR) is 74.8 cm³/mol. The molecule has 5 nitrogen and oxygen atoms in total. The van der Waals surface area contributed by atoms with Crippen molar-refractivity contribution in [1.29, 1.82) is 0 Å². The van der Waals surface area contributed by atoms with Crippen LogP contribution in [0.15, 0.2) is 29.6 Å². The zero-order chi connectivity index (χ0) is 15.4. The van der Waals surface area contributed by atoms with Crippen molar-refractivity contribution in [3.63, 3.8) is 0 Å². The van der Waals surface area contributed by atoms with Crippen LogP contribution in [-0.2, 0) is 18.4 Å². The van der Waals surface area contributed by atoms with E-state index in [0.717, 1.165) is 30.0 Å². The Balaban J connectivity index is 1.94. The fourth-order valence-electron chi connectivity index (χ4n) is 1.66. The minimum atomic E-state index is -0.755. The fourth-order valence-corrected chi connectivity index (χ4v) is 2.43. The third-order valence-corrected chi connectivity index (χ3v) is 3.73. The Bertz CT molecular complexity index is 641. The van der Waals surface area contributed by atoms with E-state index in [4.69, 9.17) is 5.11 Å². The molecule has 0 bridgehead atoms. The molecule has 2 N–H and O–H groups in total. The van der Waals surface area contributed by atoms with Crippen molar-refractivity contribution in [3.05, 3.63) is 41.7 Å². The van der Waals surface area contributed by atoms with Gasteiger partial charge < -0.3 is 15.0 Å². The molecule has 21 heavy (non-hydrogen) atoms. The third-order valence-electron chi connectivity index (χ3n) is 2.68. The molecule has 1 heterocycles. The number of amides is 1. The molecule has 0 fully saturated rings. The molecule has 0 aliphatic carbocycles. The summed E-state index contributed by atoms with van der Waals surface area (Å²) in [5, 5.41) is 12.0. The van der Waals surface area contributed by atoms with Crippen LogP contribution >= 0.6 is 11.8 Å². The maximum atomic E-state index is 13.0. The Morgan fingerprint density at radius 3 is 2.62 bits per heavy atom. The summed E-state index contributed by atoms with van der Waals surface area (Å²) in [6.45, 7) is -0.140. The van der Waals surface area contributed by atoms with E-state index in [0.29, 0.717) is 10.9 Å². The number of aliphatic hydroxyl groups is 1. The van der Waals surface area contributed by atoms with Crippen LogP contribution in [0, 0.1) is 11.6 Å². The highest BCUT2D eigenvalue weighted by Gasteiger charge is 2.10. The molecule has 0 atom stereocenters. The van der Waals surface area contributed by atoms with Crippen molar-refractivity contribution in [2.45, 2.75) is 11.8 Å². The molecule has 0 unspecified atom stereocenters. The van der Waals surface area contributed by atoms with Gasteiger partial charge in [-0.15, -0.1) is 0 Å². The summed E-state index contributed by atoms with van der Waals surface area (Å²) < 4.78 is 27.6. The van der Waals surface area contributed by atoms with Crippen LogP contribution in [0.4, 0.5) is 14.5 Å². The summed E-state index contributed by atoms with van der Waals surface area (Å²) in [6, 6.07) is 2.81. The predicted octanol–water partition coefficient (Wildman–Crippen LogP) is 1.92. The van der Waals surface area contributed by atoms with Gasteiger partial charge in [-0.05, 0) is 12.1 Å². The third kappa shape index (κ3) is 4.02. The fraction of sp³-hybridized carbons (Fsp3) is 0.231. The van der Waals surface area contributed by atoms with Gasteiger partial charge in [0.05, 0.1) is 24.3 Å². The number of aromatic nitrogens is 2. The molecule has 8 heteroatoms. The maximum absolute atomic E-state index is 13.0. The molecule has 0 saturated carbocycles. The lowest BCUT2D eigenvalue weighted by Gasteiger charge is -2.06. The lowest BCUT2D eigenvalue weighted by Crippen LogP contribution is -2.14. The molecule has 112 valence electrons. The van der Waals surface area contributed by atoms with Gasteiger partial charge in [0.15, 0.2) is 5.16 Å². The van der Waals surface area contributed by atoms with Crippen LogP contribution in [0.1, 0.15) is 5.69 Å². The number of benzene rings is 1. The largest absolute Gasteiger partial charge is 0.390 e. The number of thioether (sulfide) groups is 1. The first-order valence-electron chi connectivity index (χ1n) is 6.00. The van der Waals surface area contributed by atoms with Gasteiger partial charge in [0.2, 0.25) is 5.91 Å². The lowest BCUT2D eigenvalue weighted by atomic mass is 10.3. The minimum absolute atomic E-state index is 0.0356. The number of carbonyl (C=O) groups is 1. The summed E-state index contributed by atoms with van der Waals surface area (Å²) >= 11 is 1.16. The number of anilines is 1. The molecule has 0 spiro atoms. The maximum Gasteiger partial charge on any atom is 0.234 e. The van der Waals surface area contributed by atoms with Gasteiger partial charge >= 0.3 is 0 Å². The summed E-state index contributed by atoms with van der Waals surface area (Å²) in [4.78, 5) is 15.8. The number of hydrogen-bond acceptors (Lipinski definition) is 4. The normalized spacial score (nSPS) is 10.7. The van der Waals surface area contributed by atoms with E-state index in [9.17, 15) is 13.6 Å². The number of carbonyl (C=O) groups excluding carboxylic acids is 1. The number of nitrogens with zero attached hydrogens (tertiary/aromatic N) is 2. The molecular formula is C13H13F2N3O2S. The number of aliphatic hydroxyl groups excluding tert-OH is 1. The average molecular weight is 313 g/mol. The van der Waals surface area contributed by atoms with Crippen LogP contribution in [0.25, 0.3) is 0 Å². The van der Waals surface area contributed by atoms with Gasteiger partial charge in [0, 0.05) is 18.8 Å². The van der Waals surface area contributed by atoms with Gasteiger partial charge in [-0.25, -0.2) is 13.8 Å². The first-order chi connectivity index (χ1) is 9.99. The monoisotopic (exact) mass is 313 g/mol. The van der Waals surface area contributed by atoms with Crippen LogP contribution < -0.4 is 5.32 Å². The Morgan fingerprint density at radius 2 is 2.05 bits per heavy atom. The number of nitrogens with one attached hydrogen (secondary N) is 1. The van der Waals surface area contributed by atoms with E-state index >= 15 is 0 Å². The van der Waals surface area contributed by atoms with Crippen LogP contribution in [0.5, 0.6) is 0 Å². The van der Waals surface area contributed by atoms with E-state index in [1.807, 2.05) is 0 Å². The Labute approximate surface area is 124 Å². The standard InChI is InChI=1S/C13H13F2N3O2S/c1-18-11(6-19)5-16-13(18)21-7-12(20)17-10-3-8(14)2-9(15)4-10/h2-5,19H,6-7H2,1H3,(H,17,20). The van der Waals surface area contributed by atoms with E-state index in [2.05, 4.69) is 10.3 Å². The Morgan fingerprint density at radius 1 is 1.38 bits per heavy atom. The smallest absolute Gasteiger partial charge is 0.234 e. The van der Waals surface area contributed by atoms with Crippen LogP contribution in [-0.4, -0.2) is 26.3 Å². The summed E-state index contributed by atoms with van der Waals surface area (Å²) in [5.41, 5.74) is 0.694. The summed E-state index contributed by atoms with van der Waals surface area (Å²) in [5.74, 6) is -1.88. The highest BCUT2D eigenvalue weighted by atomic mass is 32.2. The van der Waals surface area contributed by atoms with E-state index in [-0.39, 0.29) is 18.0 Å². The minimum Gasteiger partial charge on any atom is -0.390 e. The molecule has 0 aliphatic rings. The second kappa shape index (κ2) is 6.68. The molecule has 2 aromatic rings. The SMILES string of the molecule is Cn1c(CO)cnc1SCC(=O)Nc1cc(F)cc(F)c1. The van der Waals surface area contributed by atoms with Crippen molar-refractivity contribution in [2.24, 2.45) is 7.05 Å².